The third-order valence-corrected chi connectivity index (χ3v) is 3.01. The molecule has 2 aromatic carbocycles. The van der Waals surface area contributed by atoms with E-state index in [1.165, 1.54) is 12.1 Å². The van der Waals surface area contributed by atoms with Gasteiger partial charge in [0, 0.05) is 11.3 Å². The van der Waals surface area contributed by atoms with Crippen molar-refractivity contribution in [3.8, 4) is 5.75 Å². The summed E-state index contributed by atoms with van der Waals surface area (Å²) >= 11 is 0. The van der Waals surface area contributed by atoms with Gasteiger partial charge in [-0.2, -0.15) is 0 Å². The van der Waals surface area contributed by atoms with Gasteiger partial charge in [0.2, 0.25) is 0 Å². The maximum atomic E-state index is 12.8. The van der Waals surface area contributed by atoms with Gasteiger partial charge in [0.05, 0.1) is 13.7 Å². The van der Waals surface area contributed by atoms with Crippen molar-refractivity contribution in [2.45, 2.75) is 6.92 Å². The standard InChI is InChI=1S/C16H16FNO2/c1-11-9-12(3-8-16(11)20-2)15(19)10-18-14-6-4-13(17)5-7-14/h3-9,18H,10H2,1-2H3. The number of aryl methyl sites for hydroxylation is 1. The van der Waals surface area contributed by atoms with Crippen molar-refractivity contribution in [2.75, 3.05) is 19.0 Å². The molecule has 0 saturated heterocycles. The first-order valence-corrected chi connectivity index (χ1v) is 6.27. The van der Waals surface area contributed by atoms with Crippen LogP contribution >= 0.6 is 0 Å². The molecule has 1 N–H and O–H groups in total. The number of anilines is 1. The van der Waals surface area contributed by atoms with Gasteiger partial charge in [-0.3, -0.25) is 4.79 Å². The summed E-state index contributed by atoms with van der Waals surface area (Å²) in [7, 11) is 1.60. The molecule has 0 aliphatic heterocycles. The van der Waals surface area contributed by atoms with Gasteiger partial charge in [0.25, 0.3) is 0 Å². The van der Waals surface area contributed by atoms with Crippen LogP contribution in [0.25, 0.3) is 0 Å². The van der Waals surface area contributed by atoms with Gasteiger partial charge in [-0.1, -0.05) is 0 Å². The molecule has 0 atom stereocenters. The molecule has 0 heterocycles. The Bertz CT molecular complexity index is 608. The highest BCUT2D eigenvalue weighted by Gasteiger charge is 2.08. The van der Waals surface area contributed by atoms with E-state index in [-0.39, 0.29) is 18.1 Å². The fraction of sp³-hybridized carbons (Fsp3) is 0.188. The van der Waals surface area contributed by atoms with E-state index in [4.69, 9.17) is 4.74 Å². The molecule has 0 fully saturated rings. The zero-order chi connectivity index (χ0) is 14.5. The van der Waals surface area contributed by atoms with E-state index >= 15 is 0 Å². The predicted octanol–water partition coefficient (Wildman–Crippen LogP) is 3.44. The first kappa shape index (κ1) is 14.1. The summed E-state index contributed by atoms with van der Waals surface area (Å²) in [6.45, 7) is 2.06. The smallest absolute Gasteiger partial charge is 0.181 e. The van der Waals surface area contributed by atoms with Crippen molar-refractivity contribution in [1.82, 2.24) is 0 Å². The van der Waals surface area contributed by atoms with Gasteiger partial charge >= 0.3 is 0 Å². The SMILES string of the molecule is COc1ccc(C(=O)CNc2ccc(F)cc2)cc1C. The number of carbonyl (C=O) groups excluding carboxylic acids is 1. The Morgan fingerprint density at radius 3 is 2.50 bits per heavy atom. The predicted molar refractivity (Wildman–Crippen MR) is 77.0 cm³/mol. The lowest BCUT2D eigenvalue weighted by Gasteiger charge is -2.08. The Morgan fingerprint density at radius 2 is 1.90 bits per heavy atom. The number of Topliss-reactive ketones (excluding diaryl/α,β-unsaturated/α-hetero) is 1. The minimum Gasteiger partial charge on any atom is -0.496 e. The quantitative estimate of drug-likeness (QED) is 0.848. The number of ketones is 1. The topological polar surface area (TPSA) is 38.3 Å². The molecule has 0 bridgehead atoms. The highest BCUT2D eigenvalue weighted by molar-refractivity contribution is 5.99. The van der Waals surface area contributed by atoms with Crippen LogP contribution in [0.15, 0.2) is 42.5 Å². The zero-order valence-electron chi connectivity index (χ0n) is 11.4. The fourth-order valence-electron chi connectivity index (χ4n) is 1.90. The Kier molecular flexibility index (Phi) is 4.35. The van der Waals surface area contributed by atoms with Crippen molar-refractivity contribution < 1.29 is 13.9 Å². The number of benzene rings is 2. The second-order valence-corrected chi connectivity index (χ2v) is 4.47. The molecule has 20 heavy (non-hydrogen) atoms. The molecule has 0 spiro atoms. The van der Waals surface area contributed by atoms with Crippen molar-refractivity contribution in [2.24, 2.45) is 0 Å². The van der Waals surface area contributed by atoms with E-state index in [1.54, 1.807) is 37.4 Å². The summed E-state index contributed by atoms with van der Waals surface area (Å²) in [6, 6.07) is 11.2. The highest BCUT2D eigenvalue weighted by atomic mass is 19.1. The second kappa shape index (κ2) is 6.19. The molecular weight excluding hydrogens is 257 g/mol. The van der Waals surface area contributed by atoms with Crippen LogP contribution in [0.1, 0.15) is 15.9 Å². The van der Waals surface area contributed by atoms with Crippen LogP contribution in [0, 0.1) is 12.7 Å². The van der Waals surface area contributed by atoms with E-state index < -0.39 is 0 Å². The van der Waals surface area contributed by atoms with E-state index in [0.717, 1.165) is 11.3 Å². The fourth-order valence-corrected chi connectivity index (χ4v) is 1.90. The molecule has 104 valence electrons. The van der Waals surface area contributed by atoms with Gasteiger partial charge in [-0.25, -0.2) is 4.39 Å². The van der Waals surface area contributed by atoms with E-state index in [1.807, 2.05) is 6.92 Å². The molecule has 0 aromatic heterocycles. The molecule has 0 unspecified atom stereocenters. The van der Waals surface area contributed by atoms with Crippen LogP contribution in [0.3, 0.4) is 0 Å². The second-order valence-electron chi connectivity index (χ2n) is 4.47. The molecule has 0 saturated carbocycles. The number of methoxy groups -OCH3 is 1. The van der Waals surface area contributed by atoms with Gasteiger partial charge < -0.3 is 10.1 Å². The maximum Gasteiger partial charge on any atom is 0.181 e. The van der Waals surface area contributed by atoms with E-state index in [2.05, 4.69) is 5.32 Å². The first-order valence-electron chi connectivity index (χ1n) is 6.27. The van der Waals surface area contributed by atoms with Gasteiger partial charge in [-0.15, -0.1) is 0 Å². The third kappa shape index (κ3) is 3.35. The number of halogens is 1. The van der Waals surface area contributed by atoms with Crippen LogP contribution in [-0.4, -0.2) is 19.4 Å². The number of carbonyl (C=O) groups is 1. The summed E-state index contributed by atoms with van der Waals surface area (Å²) in [4.78, 5) is 12.1. The molecule has 2 aromatic rings. The normalized spacial score (nSPS) is 10.2. The number of ether oxygens (including phenoxy) is 1. The molecule has 0 radical (unpaired) electrons. The third-order valence-electron chi connectivity index (χ3n) is 3.01. The Labute approximate surface area is 117 Å². The van der Waals surface area contributed by atoms with Crippen LogP contribution in [0.5, 0.6) is 5.75 Å². The van der Waals surface area contributed by atoms with E-state index in [9.17, 15) is 9.18 Å². The number of nitrogens with one attached hydrogen (secondary N) is 1. The summed E-state index contributed by atoms with van der Waals surface area (Å²) in [5, 5.41) is 2.97. The summed E-state index contributed by atoms with van der Waals surface area (Å²) < 4.78 is 17.9. The zero-order valence-corrected chi connectivity index (χ0v) is 11.4. The summed E-state index contributed by atoms with van der Waals surface area (Å²) in [5.41, 5.74) is 2.25. The minimum absolute atomic E-state index is 0.0277. The van der Waals surface area contributed by atoms with Crippen molar-refractivity contribution in [3.05, 3.63) is 59.4 Å². The van der Waals surface area contributed by atoms with Gasteiger partial charge in [-0.05, 0) is 55.0 Å². The molecule has 0 aliphatic rings. The number of hydrogen-bond donors (Lipinski definition) is 1. The van der Waals surface area contributed by atoms with E-state index in [0.29, 0.717) is 11.3 Å². The average Bonchev–Trinajstić information content (AvgIpc) is 2.46. The van der Waals surface area contributed by atoms with Crippen molar-refractivity contribution in [3.63, 3.8) is 0 Å². The number of rotatable bonds is 5. The summed E-state index contributed by atoms with van der Waals surface area (Å²) in [5.74, 6) is 0.431. The van der Waals surface area contributed by atoms with Crippen molar-refractivity contribution in [1.29, 1.82) is 0 Å². The Hall–Kier alpha value is -2.36. The van der Waals surface area contributed by atoms with Crippen LogP contribution in [0.4, 0.5) is 10.1 Å². The summed E-state index contributed by atoms with van der Waals surface area (Å²) in [6.07, 6.45) is 0. The molecule has 0 amide bonds. The molecule has 4 heteroatoms. The lowest BCUT2D eigenvalue weighted by molar-refractivity contribution is 0.101. The Balaban J connectivity index is 2.01. The van der Waals surface area contributed by atoms with Crippen LogP contribution in [0.2, 0.25) is 0 Å². The van der Waals surface area contributed by atoms with Gasteiger partial charge in [0.1, 0.15) is 11.6 Å². The van der Waals surface area contributed by atoms with Crippen LogP contribution in [-0.2, 0) is 0 Å². The molecular formula is C16H16FNO2. The molecule has 0 aliphatic carbocycles. The first-order chi connectivity index (χ1) is 9.60. The largest absolute Gasteiger partial charge is 0.496 e. The van der Waals surface area contributed by atoms with Gasteiger partial charge in [0.15, 0.2) is 5.78 Å². The lowest BCUT2D eigenvalue weighted by Crippen LogP contribution is -2.14. The lowest BCUT2D eigenvalue weighted by atomic mass is 10.1. The maximum absolute atomic E-state index is 12.8. The molecule has 2 rings (SSSR count). The van der Waals surface area contributed by atoms with Crippen molar-refractivity contribution >= 4 is 11.5 Å². The average molecular weight is 273 g/mol. The highest BCUT2D eigenvalue weighted by Crippen LogP contribution is 2.19. The van der Waals surface area contributed by atoms with Crippen LogP contribution < -0.4 is 10.1 Å². The molecule has 3 nitrogen and oxygen atoms in total. The Morgan fingerprint density at radius 1 is 1.20 bits per heavy atom. The minimum atomic E-state index is -0.298. The monoisotopic (exact) mass is 273 g/mol. The number of hydrogen-bond acceptors (Lipinski definition) is 3.